The van der Waals surface area contributed by atoms with E-state index in [0.29, 0.717) is 25.3 Å². The van der Waals surface area contributed by atoms with Crippen LogP contribution in [0.25, 0.3) is 0 Å². The molecule has 0 aliphatic carbocycles. The number of piperidine rings is 1. The summed E-state index contributed by atoms with van der Waals surface area (Å²) in [6, 6.07) is 5.49. The van der Waals surface area contributed by atoms with Gasteiger partial charge in [-0.1, -0.05) is 0 Å². The first-order valence-electron chi connectivity index (χ1n) is 8.78. The van der Waals surface area contributed by atoms with Crippen LogP contribution in [0.5, 0.6) is 0 Å². The third kappa shape index (κ3) is 3.53. The maximum Gasteiger partial charge on any atom is 0.251 e. The van der Waals surface area contributed by atoms with Crippen molar-refractivity contribution >= 4 is 23.2 Å². The van der Waals surface area contributed by atoms with Crippen molar-refractivity contribution in [3.8, 4) is 0 Å². The molecule has 0 bridgehead atoms. The van der Waals surface area contributed by atoms with Gasteiger partial charge in [-0.3, -0.25) is 9.59 Å². The first-order valence-corrected chi connectivity index (χ1v) is 8.78. The van der Waals surface area contributed by atoms with Gasteiger partial charge in [-0.2, -0.15) is 0 Å². The summed E-state index contributed by atoms with van der Waals surface area (Å²) >= 11 is 0. The fourth-order valence-corrected chi connectivity index (χ4v) is 3.36. The monoisotopic (exact) mass is 331 g/mol. The predicted octanol–water partition coefficient (Wildman–Crippen LogP) is 2.15. The van der Waals surface area contributed by atoms with E-state index in [0.717, 1.165) is 43.6 Å². The molecule has 1 saturated heterocycles. The SMILES string of the molecule is CCOCCCNC(=O)c1ccc2c(c1)NC(=O)C1CCCCN21. The van der Waals surface area contributed by atoms with Crippen LogP contribution in [0.4, 0.5) is 11.4 Å². The Bertz CT molecular complexity index is 618. The predicted molar refractivity (Wildman–Crippen MR) is 93.5 cm³/mol. The van der Waals surface area contributed by atoms with Crippen LogP contribution < -0.4 is 15.5 Å². The molecule has 2 N–H and O–H groups in total. The maximum absolute atomic E-state index is 12.3. The summed E-state index contributed by atoms with van der Waals surface area (Å²) in [7, 11) is 0. The van der Waals surface area contributed by atoms with E-state index in [4.69, 9.17) is 4.74 Å². The molecule has 24 heavy (non-hydrogen) atoms. The van der Waals surface area contributed by atoms with E-state index in [9.17, 15) is 9.59 Å². The molecule has 1 fully saturated rings. The van der Waals surface area contributed by atoms with E-state index in [1.807, 2.05) is 19.1 Å². The number of rotatable bonds is 6. The van der Waals surface area contributed by atoms with E-state index in [-0.39, 0.29) is 17.9 Å². The van der Waals surface area contributed by atoms with E-state index in [1.54, 1.807) is 6.07 Å². The topological polar surface area (TPSA) is 70.7 Å². The summed E-state index contributed by atoms with van der Waals surface area (Å²) in [6.45, 7) is 4.76. The lowest BCUT2D eigenvalue weighted by atomic mass is 9.97. The standard InChI is InChI=1S/C18H25N3O3/c1-2-24-11-5-9-19-17(22)13-7-8-15-14(12-13)20-18(23)16-6-3-4-10-21(15)16/h7-8,12,16H,2-6,9-11H2,1H3,(H,19,22)(H,20,23). The van der Waals surface area contributed by atoms with Crippen LogP contribution in [0.1, 0.15) is 43.0 Å². The number of fused-ring (bicyclic) bond motifs is 3. The lowest BCUT2D eigenvalue weighted by Gasteiger charge is -2.41. The van der Waals surface area contributed by atoms with Gasteiger partial charge in [-0.05, 0) is 50.8 Å². The molecule has 1 atom stereocenters. The summed E-state index contributed by atoms with van der Waals surface area (Å²) in [5, 5.41) is 5.84. The van der Waals surface area contributed by atoms with Crippen molar-refractivity contribution in [1.82, 2.24) is 5.32 Å². The zero-order valence-electron chi connectivity index (χ0n) is 14.1. The van der Waals surface area contributed by atoms with Crippen LogP contribution in [-0.2, 0) is 9.53 Å². The molecule has 2 amide bonds. The molecule has 130 valence electrons. The molecule has 1 unspecified atom stereocenters. The van der Waals surface area contributed by atoms with Gasteiger partial charge in [-0.25, -0.2) is 0 Å². The number of hydrogen-bond acceptors (Lipinski definition) is 4. The molecule has 0 aromatic heterocycles. The largest absolute Gasteiger partial charge is 0.382 e. The van der Waals surface area contributed by atoms with Crippen LogP contribution >= 0.6 is 0 Å². The van der Waals surface area contributed by atoms with Crippen molar-refractivity contribution in [3.05, 3.63) is 23.8 Å². The number of amides is 2. The van der Waals surface area contributed by atoms with Crippen LogP contribution in [0.2, 0.25) is 0 Å². The van der Waals surface area contributed by atoms with Crippen molar-refractivity contribution in [3.63, 3.8) is 0 Å². The Kier molecular flexibility index (Phi) is 5.35. The number of nitrogens with one attached hydrogen (secondary N) is 2. The molecule has 6 nitrogen and oxygen atoms in total. The molecule has 3 rings (SSSR count). The average Bonchev–Trinajstić information content (AvgIpc) is 2.61. The average molecular weight is 331 g/mol. The molecule has 0 saturated carbocycles. The Hall–Kier alpha value is -2.08. The minimum Gasteiger partial charge on any atom is -0.382 e. The number of carbonyl (C=O) groups excluding carboxylic acids is 2. The van der Waals surface area contributed by atoms with Crippen molar-refractivity contribution in [1.29, 1.82) is 0 Å². The second kappa shape index (κ2) is 7.66. The highest BCUT2D eigenvalue weighted by Gasteiger charge is 2.34. The number of hydrogen-bond donors (Lipinski definition) is 2. The first kappa shape index (κ1) is 16.8. The quantitative estimate of drug-likeness (QED) is 0.784. The summed E-state index contributed by atoms with van der Waals surface area (Å²) < 4.78 is 5.25. The normalized spacial score (nSPS) is 19.3. The van der Waals surface area contributed by atoms with Crippen molar-refractivity contribution < 1.29 is 14.3 Å². The molecule has 2 aliphatic heterocycles. The summed E-state index contributed by atoms with van der Waals surface area (Å²) in [4.78, 5) is 26.7. The van der Waals surface area contributed by atoms with Crippen molar-refractivity contribution in [2.24, 2.45) is 0 Å². The van der Waals surface area contributed by atoms with Gasteiger partial charge in [0.1, 0.15) is 6.04 Å². The molecular weight excluding hydrogens is 306 g/mol. The fourth-order valence-electron chi connectivity index (χ4n) is 3.36. The molecule has 2 aliphatic rings. The number of nitrogens with zero attached hydrogens (tertiary/aromatic N) is 1. The number of anilines is 2. The van der Waals surface area contributed by atoms with Crippen LogP contribution in [0, 0.1) is 0 Å². The van der Waals surface area contributed by atoms with Gasteiger partial charge < -0.3 is 20.3 Å². The van der Waals surface area contributed by atoms with Crippen LogP contribution in [0.15, 0.2) is 18.2 Å². The maximum atomic E-state index is 12.3. The third-order valence-corrected chi connectivity index (χ3v) is 4.59. The third-order valence-electron chi connectivity index (χ3n) is 4.59. The highest BCUT2D eigenvalue weighted by atomic mass is 16.5. The molecular formula is C18H25N3O3. The van der Waals surface area contributed by atoms with E-state index < -0.39 is 0 Å². The second-order valence-electron chi connectivity index (χ2n) is 6.23. The van der Waals surface area contributed by atoms with Gasteiger partial charge in [0.15, 0.2) is 0 Å². The van der Waals surface area contributed by atoms with Crippen LogP contribution in [0.3, 0.4) is 0 Å². The number of ether oxygens (including phenoxy) is 1. The Morgan fingerprint density at radius 2 is 2.29 bits per heavy atom. The highest BCUT2D eigenvalue weighted by molar-refractivity contribution is 6.05. The summed E-state index contributed by atoms with van der Waals surface area (Å²) in [5.74, 6) is -0.0826. The fraction of sp³-hybridized carbons (Fsp3) is 0.556. The smallest absolute Gasteiger partial charge is 0.251 e. The second-order valence-corrected chi connectivity index (χ2v) is 6.23. The molecule has 6 heteroatoms. The summed E-state index contributed by atoms with van der Waals surface area (Å²) in [6.07, 6.45) is 3.88. The molecule has 0 radical (unpaired) electrons. The van der Waals surface area contributed by atoms with E-state index in [1.165, 1.54) is 0 Å². The molecule has 0 spiro atoms. The zero-order chi connectivity index (χ0) is 16.9. The molecule has 1 aromatic carbocycles. The highest BCUT2D eigenvalue weighted by Crippen LogP contribution is 2.36. The minimum absolute atomic E-state index is 0.0384. The van der Waals surface area contributed by atoms with Gasteiger partial charge in [0, 0.05) is 31.9 Å². The van der Waals surface area contributed by atoms with Crippen LogP contribution in [-0.4, -0.2) is 44.2 Å². The minimum atomic E-state index is -0.121. The van der Waals surface area contributed by atoms with E-state index >= 15 is 0 Å². The Morgan fingerprint density at radius 3 is 3.12 bits per heavy atom. The lowest BCUT2D eigenvalue weighted by molar-refractivity contribution is -0.118. The summed E-state index contributed by atoms with van der Waals surface area (Å²) in [5.41, 5.74) is 2.33. The Morgan fingerprint density at radius 1 is 1.42 bits per heavy atom. The first-order chi connectivity index (χ1) is 11.7. The molecule has 1 aromatic rings. The van der Waals surface area contributed by atoms with Gasteiger partial charge in [0.2, 0.25) is 5.91 Å². The lowest BCUT2D eigenvalue weighted by Crippen LogP contribution is -2.50. The van der Waals surface area contributed by atoms with Crippen molar-refractivity contribution in [2.75, 3.05) is 36.5 Å². The van der Waals surface area contributed by atoms with E-state index in [2.05, 4.69) is 15.5 Å². The number of carbonyl (C=O) groups is 2. The Balaban J connectivity index is 1.66. The number of benzene rings is 1. The van der Waals surface area contributed by atoms with Gasteiger partial charge in [-0.15, -0.1) is 0 Å². The van der Waals surface area contributed by atoms with Crippen molar-refractivity contribution in [2.45, 2.75) is 38.6 Å². The van der Waals surface area contributed by atoms with Gasteiger partial charge in [0.25, 0.3) is 5.91 Å². The van der Waals surface area contributed by atoms with Gasteiger partial charge >= 0.3 is 0 Å². The zero-order valence-corrected chi connectivity index (χ0v) is 14.1. The van der Waals surface area contributed by atoms with Gasteiger partial charge in [0.05, 0.1) is 11.4 Å². The Labute approximate surface area is 142 Å². The molecule has 2 heterocycles.